The quantitative estimate of drug-likeness (QED) is 0.632. The second kappa shape index (κ2) is 8.56. The molecule has 0 atom stereocenters. The summed E-state index contributed by atoms with van der Waals surface area (Å²) in [6.07, 6.45) is 1.95. The van der Waals surface area contributed by atoms with Gasteiger partial charge in [0, 0.05) is 5.02 Å². The van der Waals surface area contributed by atoms with Gasteiger partial charge >= 0.3 is 0 Å². The Kier molecular flexibility index (Phi) is 5.94. The number of methoxy groups -OCH3 is 1. The largest absolute Gasteiger partial charge is 0.495 e. The standard InChI is InChI=1S/C21H20ClN3O2/c1-14-4-3-5-15(10-14)11-21(26)25-20-9-7-17(13-23-20)24-18-12-16(22)6-8-19(18)27-2/h3-10,12-13,24H,11H2,1-2H3,(H,23,25,26). The van der Waals surface area contributed by atoms with E-state index in [1.165, 1.54) is 0 Å². The molecule has 0 unspecified atom stereocenters. The molecule has 0 saturated heterocycles. The van der Waals surface area contributed by atoms with Crippen LogP contribution in [0.5, 0.6) is 5.75 Å². The zero-order valence-corrected chi connectivity index (χ0v) is 15.9. The Balaban J connectivity index is 1.63. The molecule has 0 saturated carbocycles. The molecule has 0 bridgehead atoms. The average Bonchev–Trinajstić information content (AvgIpc) is 2.63. The van der Waals surface area contributed by atoms with Gasteiger partial charge in [-0.25, -0.2) is 4.98 Å². The molecular weight excluding hydrogens is 362 g/mol. The topological polar surface area (TPSA) is 63.2 Å². The molecular formula is C21H20ClN3O2. The summed E-state index contributed by atoms with van der Waals surface area (Å²) in [5.74, 6) is 1.07. The maximum Gasteiger partial charge on any atom is 0.229 e. The van der Waals surface area contributed by atoms with Gasteiger partial charge in [-0.1, -0.05) is 41.4 Å². The number of pyridine rings is 1. The van der Waals surface area contributed by atoms with Crippen molar-refractivity contribution in [2.75, 3.05) is 17.7 Å². The van der Waals surface area contributed by atoms with Gasteiger partial charge in [-0.3, -0.25) is 4.79 Å². The summed E-state index contributed by atoms with van der Waals surface area (Å²) in [5, 5.41) is 6.62. The summed E-state index contributed by atoms with van der Waals surface area (Å²) in [7, 11) is 1.60. The monoisotopic (exact) mass is 381 g/mol. The lowest BCUT2D eigenvalue weighted by atomic mass is 10.1. The molecule has 3 rings (SSSR count). The predicted octanol–water partition coefficient (Wildman–Crippen LogP) is 4.98. The van der Waals surface area contributed by atoms with Crippen molar-refractivity contribution in [3.8, 4) is 5.75 Å². The van der Waals surface area contributed by atoms with Gasteiger partial charge in [0.1, 0.15) is 11.6 Å². The zero-order chi connectivity index (χ0) is 19.2. The number of nitrogens with one attached hydrogen (secondary N) is 2. The summed E-state index contributed by atoms with van der Waals surface area (Å²) >= 11 is 6.04. The Morgan fingerprint density at radius 2 is 2.00 bits per heavy atom. The van der Waals surface area contributed by atoms with Crippen molar-refractivity contribution in [1.29, 1.82) is 0 Å². The number of benzene rings is 2. The maximum atomic E-state index is 12.2. The number of hydrogen-bond acceptors (Lipinski definition) is 4. The molecule has 1 heterocycles. The number of rotatable bonds is 6. The van der Waals surface area contributed by atoms with Crippen molar-refractivity contribution < 1.29 is 9.53 Å². The number of aryl methyl sites for hydroxylation is 1. The number of carbonyl (C=O) groups is 1. The third-order valence-corrected chi connectivity index (χ3v) is 4.15. The SMILES string of the molecule is COc1ccc(Cl)cc1Nc1ccc(NC(=O)Cc2cccc(C)c2)nc1. The highest BCUT2D eigenvalue weighted by molar-refractivity contribution is 6.31. The van der Waals surface area contributed by atoms with Gasteiger partial charge in [0.2, 0.25) is 5.91 Å². The van der Waals surface area contributed by atoms with Crippen molar-refractivity contribution in [1.82, 2.24) is 4.98 Å². The number of carbonyl (C=O) groups excluding carboxylic acids is 1. The highest BCUT2D eigenvalue weighted by Gasteiger charge is 2.07. The molecule has 138 valence electrons. The molecule has 27 heavy (non-hydrogen) atoms. The average molecular weight is 382 g/mol. The molecule has 1 aromatic heterocycles. The highest BCUT2D eigenvalue weighted by atomic mass is 35.5. The minimum atomic E-state index is -0.106. The molecule has 0 aliphatic rings. The summed E-state index contributed by atoms with van der Waals surface area (Å²) in [6.45, 7) is 2.00. The van der Waals surface area contributed by atoms with E-state index in [1.54, 1.807) is 37.6 Å². The Labute approximate surface area is 163 Å². The van der Waals surface area contributed by atoms with Crippen LogP contribution in [0.25, 0.3) is 0 Å². The second-order valence-corrected chi connectivity index (χ2v) is 6.55. The van der Waals surface area contributed by atoms with Gasteiger partial charge in [-0.2, -0.15) is 0 Å². The third-order valence-electron chi connectivity index (χ3n) is 3.92. The smallest absolute Gasteiger partial charge is 0.229 e. The van der Waals surface area contributed by atoms with E-state index in [2.05, 4.69) is 15.6 Å². The molecule has 0 radical (unpaired) electrons. The van der Waals surface area contributed by atoms with Crippen LogP contribution in [0.4, 0.5) is 17.2 Å². The molecule has 2 N–H and O–H groups in total. The summed E-state index contributed by atoms with van der Waals surface area (Å²) in [5.41, 5.74) is 3.60. The van der Waals surface area contributed by atoms with Gasteiger partial charge in [-0.15, -0.1) is 0 Å². The molecule has 2 aromatic carbocycles. The van der Waals surface area contributed by atoms with E-state index in [4.69, 9.17) is 16.3 Å². The molecule has 3 aromatic rings. The number of nitrogens with zero attached hydrogens (tertiary/aromatic N) is 1. The summed E-state index contributed by atoms with van der Waals surface area (Å²) in [4.78, 5) is 16.5. The van der Waals surface area contributed by atoms with E-state index in [-0.39, 0.29) is 5.91 Å². The molecule has 5 nitrogen and oxygen atoms in total. The minimum absolute atomic E-state index is 0.106. The fourth-order valence-electron chi connectivity index (χ4n) is 2.67. The number of hydrogen-bond donors (Lipinski definition) is 2. The van der Waals surface area contributed by atoms with E-state index >= 15 is 0 Å². The van der Waals surface area contributed by atoms with Gasteiger partial charge < -0.3 is 15.4 Å². The fraction of sp³-hybridized carbons (Fsp3) is 0.143. The van der Waals surface area contributed by atoms with E-state index in [1.807, 2.05) is 37.3 Å². The molecule has 6 heteroatoms. The van der Waals surface area contributed by atoms with Gasteiger partial charge in [0.15, 0.2) is 0 Å². The Bertz CT molecular complexity index is 942. The number of amides is 1. The van der Waals surface area contributed by atoms with E-state index < -0.39 is 0 Å². The number of ether oxygens (including phenoxy) is 1. The molecule has 0 fully saturated rings. The fourth-order valence-corrected chi connectivity index (χ4v) is 2.84. The van der Waals surface area contributed by atoms with Crippen LogP contribution >= 0.6 is 11.6 Å². The van der Waals surface area contributed by atoms with Crippen LogP contribution in [0, 0.1) is 6.92 Å². The first kappa shape index (κ1) is 18.7. The Morgan fingerprint density at radius 3 is 2.70 bits per heavy atom. The maximum absolute atomic E-state index is 12.2. The minimum Gasteiger partial charge on any atom is -0.495 e. The second-order valence-electron chi connectivity index (χ2n) is 6.12. The number of anilines is 3. The predicted molar refractivity (Wildman–Crippen MR) is 109 cm³/mol. The Morgan fingerprint density at radius 1 is 1.15 bits per heavy atom. The van der Waals surface area contributed by atoms with Crippen molar-refractivity contribution in [2.45, 2.75) is 13.3 Å². The lowest BCUT2D eigenvalue weighted by Gasteiger charge is -2.12. The van der Waals surface area contributed by atoms with Crippen molar-refractivity contribution >= 4 is 34.7 Å². The van der Waals surface area contributed by atoms with E-state index in [0.717, 1.165) is 22.5 Å². The van der Waals surface area contributed by atoms with Crippen LogP contribution in [0.15, 0.2) is 60.8 Å². The highest BCUT2D eigenvalue weighted by Crippen LogP contribution is 2.30. The molecule has 0 aliphatic carbocycles. The number of aromatic nitrogens is 1. The summed E-state index contributed by atoms with van der Waals surface area (Å²) in [6, 6.07) is 16.8. The molecule has 0 spiro atoms. The third kappa shape index (κ3) is 5.21. The first-order valence-corrected chi connectivity index (χ1v) is 8.83. The van der Waals surface area contributed by atoms with Gasteiger partial charge in [0.05, 0.1) is 31.1 Å². The van der Waals surface area contributed by atoms with Crippen molar-refractivity contribution in [2.24, 2.45) is 0 Å². The van der Waals surface area contributed by atoms with Crippen LogP contribution in [-0.2, 0) is 11.2 Å². The Hall–Kier alpha value is -3.05. The van der Waals surface area contributed by atoms with Crippen LogP contribution in [-0.4, -0.2) is 18.0 Å². The van der Waals surface area contributed by atoms with E-state index in [0.29, 0.717) is 23.0 Å². The van der Waals surface area contributed by atoms with Crippen LogP contribution < -0.4 is 15.4 Å². The normalized spacial score (nSPS) is 10.3. The number of halogens is 1. The van der Waals surface area contributed by atoms with Crippen molar-refractivity contribution in [3.63, 3.8) is 0 Å². The summed E-state index contributed by atoms with van der Waals surface area (Å²) < 4.78 is 5.32. The van der Waals surface area contributed by atoms with Crippen LogP contribution in [0.3, 0.4) is 0 Å². The first-order chi connectivity index (χ1) is 13.0. The lowest BCUT2D eigenvalue weighted by Crippen LogP contribution is -2.15. The van der Waals surface area contributed by atoms with Gasteiger partial charge in [-0.05, 0) is 42.8 Å². The van der Waals surface area contributed by atoms with Crippen LogP contribution in [0.2, 0.25) is 5.02 Å². The lowest BCUT2D eigenvalue weighted by molar-refractivity contribution is -0.115. The van der Waals surface area contributed by atoms with E-state index in [9.17, 15) is 4.79 Å². The molecule has 0 aliphatic heterocycles. The van der Waals surface area contributed by atoms with Crippen LogP contribution in [0.1, 0.15) is 11.1 Å². The van der Waals surface area contributed by atoms with Gasteiger partial charge in [0.25, 0.3) is 0 Å². The zero-order valence-electron chi connectivity index (χ0n) is 15.1. The first-order valence-electron chi connectivity index (χ1n) is 8.45. The van der Waals surface area contributed by atoms with Crippen molar-refractivity contribution in [3.05, 3.63) is 76.9 Å². The molecule has 1 amide bonds.